The Balaban J connectivity index is 2.73. The van der Waals surface area contributed by atoms with E-state index in [4.69, 9.17) is 24.0 Å². The van der Waals surface area contributed by atoms with E-state index in [0.717, 1.165) is 5.56 Å². The zero-order valence-corrected chi connectivity index (χ0v) is 9.04. The molecule has 0 aliphatic carbocycles. The Morgan fingerprint density at radius 3 is 1.47 bits per heavy atom. The van der Waals surface area contributed by atoms with Crippen LogP contribution in [-0.2, 0) is 0 Å². The van der Waals surface area contributed by atoms with Gasteiger partial charge in [-0.15, -0.1) is 0 Å². The van der Waals surface area contributed by atoms with E-state index in [1.807, 2.05) is 6.92 Å². The molecule has 0 unspecified atom stereocenters. The molecule has 82 valence electrons. The Hall–Kier alpha value is -1.78. The van der Waals surface area contributed by atoms with E-state index >= 15 is 0 Å². The molecule has 5 nitrogen and oxygen atoms in total. The van der Waals surface area contributed by atoms with E-state index in [9.17, 15) is 0 Å². The Kier molecular flexibility index (Phi) is 2.22. The van der Waals surface area contributed by atoms with Crippen molar-refractivity contribution in [3.05, 3.63) is 5.56 Å². The average Bonchev–Trinajstić information content (AvgIpc) is 2.53. The number of hydrogen-bond donors (Lipinski definition) is 0. The summed E-state index contributed by atoms with van der Waals surface area (Å²) in [4.78, 5) is 10.1. The molecule has 0 atom stereocenters. The number of hydrogen-bond acceptors (Lipinski definition) is 5. The summed E-state index contributed by atoms with van der Waals surface area (Å²) in [6.45, 7) is 1.86. The summed E-state index contributed by atoms with van der Waals surface area (Å²) in [5.74, 6) is 2.50. The molecule has 15 heavy (non-hydrogen) atoms. The molecule has 1 heterocycles. The molecular weight excluding hydrogens is 200 g/mol. The quantitative estimate of drug-likeness (QED) is 0.714. The minimum absolute atomic E-state index is 0.480. The molecule has 1 aliphatic rings. The second-order valence-electron chi connectivity index (χ2n) is 3.05. The molecule has 5 heteroatoms. The lowest BCUT2D eigenvalue weighted by Gasteiger charge is -2.11. The molecule has 0 aromatic heterocycles. The fourth-order valence-electron chi connectivity index (χ4n) is 1.59. The number of methoxy groups -OCH3 is 3. The van der Waals surface area contributed by atoms with Crippen molar-refractivity contribution in [3.63, 3.8) is 0 Å². The minimum atomic E-state index is 0.480. The lowest BCUT2D eigenvalue weighted by molar-refractivity contribution is -0.0873. The molecule has 1 aliphatic heterocycles. The Morgan fingerprint density at radius 1 is 0.733 bits per heavy atom. The van der Waals surface area contributed by atoms with Gasteiger partial charge in [0.15, 0.2) is 0 Å². The van der Waals surface area contributed by atoms with Gasteiger partial charge in [-0.3, -0.25) is 9.78 Å². The standard InChI is InChI=1S/C10H12O5/c1-5-6-8(11-2)10(13-4)9(12-3)7(5)15-14-6/h1-4H3. The second-order valence-corrected chi connectivity index (χ2v) is 3.05. The van der Waals surface area contributed by atoms with Crippen molar-refractivity contribution in [2.24, 2.45) is 0 Å². The normalized spacial score (nSPS) is 11.7. The molecule has 2 rings (SSSR count). The van der Waals surface area contributed by atoms with Crippen LogP contribution in [0.25, 0.3) is 0 Å². The number of benzene rings is 1. The van der Waals surface area contributed by atoms with Crippen molar-refractivity contribution >= 4 is 0 Å². The smallest absolute Gasteiger partial charge is 0.231 e. The topological polar surface area (TPSA) is 46.2 Å². The summed E-state index contributed by atoms with van der Waals surface area (Å²) >= 11 is 0. The number of rotatable bonds is 3. The lowest BCUT2D eigenvalue weighted by atomic mass is 10.1. The molecule has 0 amide bonds. The second kappa shape index (κ2) is 3.42. The zero-order valence-electron chi connectivity index (χ0n) is 9.04. The van der Waals surface area contributed by atoms with Crippen LogP contribution in [-0.4, -0.2) is 21.3 Å². The van der Waals surface area contributed by atoms with Crippen LogP contribution in [0.4, 0.5) is 0 Å². The summed E-state index contributed by atoms with van der Waals surface area (Å²) in [5.41, 5.74) is 0.838. The third kappa shape index (κ3) is 1.16. The highest BCUT2D eigenvalue weighted by Crippen LogP contribution is 2.56. The minimum Gasteiger partial charge on any atom is -0.490 e. The maximum Gasteiger partial charge on any atom is 0.231 e. The van der Waals surface area contributed by atoms with Crippen LogP contribution in [0.1, 0.15) is 5.56 Å². The molecule has 1 aromatic rings. The Labute approximate surface area is 87.4 Å². The van der Waals surface area contributed by atoms with E-state index in [-0.39, 0.29) is 0 Å². The first-order chi connectivity index (χ1) is 7.24. The molecule has 0 fully saturated rings. The third-order valence-corrected chi connectivity index (χ3v) is 2.33. The van der Waals surface area contributed by atoms with Crippen LogP contribution in [0.5, 0.6) is 28.7 Å². The van der Waals surface area contributed by atoms with Crippen molar-refractivity contribution in [1.82, 2.24) is 0 Å². The van der Waals surface area contributed by atoms with E-state index in [2.05, 4.69) is 0 Å². The van der Waals surface area contributed by atoms with Gasteiger partial charge in [-0.25, -0.2) is 0 Å². The van der Waals surface area contributed by atoms with Gasteiger partial charge in [0, 0.05) is 0 Å². The van der Waals surface area contributed by atoms with Crippen LogP contribution < -0.4 is 24.0 Å². The first-order valence-electron chi connectivity index (χ1n) is 4.41. The van der Waals surface area contributed by atoms with Gasteiger partial charge in [-0.1, -0.05) is 0 Å². The highest BCUT2D eigenvalue weighted by Gasteiger charge is 2.33. The highest BCUT2D eigenvalue weighted by atomic mass is 17.2. The van der Waals surface area contributed by atoms with Gasteiger partial charge >= 0.3 is 0 Å². The van der Waals surface area contributed by atoms with Crippen LogP contribution in [0.2, 0.25) is 0 Å². The van der Waals surface area contributed by atoms with Crippen molar-refractivity contribution in [3.8, 4) is 28.7 Å². The zero-order chi connectivity index (χ0) is 11.0. The summed E-state index contributed by atoms with van der Waals surface area (Å²) in [6, 6.07) is 0. The van der Waals surface area contributed by atoms with E-state index < -0.39 is 0 Å². The molecule has 0 saturated heterocycles. The maximum absolute atomic E-state index is 5.20. The first-order valence-corrected chi connectivity index (χ1v) is 4.41. The van der Waals surface area contributed by atoms with E-state index in [1.165, 1.54) is 21.3 Å². The third-order valence-electron chi connectivity index (χ3n) is 2.33. The molecule has 2 bridgehead atoms. The summed E-state index contributed by atoms with van der Waals surface area (Å²) < 4.78 is 15.6. The van der Waals surface area contributed by atoms with Crippen LogP contribution in [0.15, 0.2) is 0 Å². The first kappa shape index (κ1) is 9.76. The van der Waals surface area contributed by atoms with Gasteiger partial charge in [-0.2, -0.15) is 0 Å². The van der Waals surface area contributed by atoms with Gasteiger partial charge in [0.25, 0.3) is 0 Å². The van der Waals surface area contributed by atoms with Crippen molar-refractivity contribution < 1.29 is 24.0 Å². The van der Waals surface area contributed by atoms with Crippen LogP contribution in [0.3, 0.4) is 0 Å². The fourth-order valence-corrected chi connectivity index (χ4v) is 1.59. The number of ether oxygens (including phenoxy) is 3. The fraction of sp³-hybridized carbons (Fsp3) is 0.400. The Morgan fingerprint density at radius 2 is 1.13 bits per heavy atom. The van der Waals surface area contributed by atoms with Crippen molar-refractivity contribution in [1.29, 1.82) is 0 Å². The molecule has 0 radical (unpaired) electrons. The number of fused-ring (bicyclic) bond motifs is 2. The summed E-state index contributed by atoms with van der Waals surface area (Å²) in [7, 11) is 4.61. The molecule has 0 spiro atoms. The molecule has 1 aromatic carbocycles. The van der Waals surface area contributed by atoms with Crippen LogP contribution >= 0.6 is 0 Å². The Bertz CT molecular complexity index is 366. The average molecular weight is 212 g/mol. The van der Waals surface area contributed by atoms with Gasteiger partial charge in [0.2, 0.25) is 28.7 Å². The van der Waals surface area contributed by atoms with Crippen LogP contribution in [0, 0.1) is 6.92 Å². The monoisotopic (exact) mass is 212 g/mol. The summed E-state index contributed by atoms with van der Waals surface area (Å²) in [5, 5.41) is 0. The van der Waals surface area contributed by atoms with Crippen molar-refractivity contribution in [2.75, 3.05) is 21.3 Å². The van der Waals surface area contributed by atoms with Crippen molar-refractivity contribution in [2.45, 2.75) is 6.92 Å². The van der Waals surface area contributed by atoms with Gasteiger partial charge in [0.05, 0.1) is 26.9 Å². The highest BCUT2D eigenvalue weighted by molar-refractivity contribution is 5.71. The molecule has 0 N–H and O–H groups in total. The van der Waals surface area contributed by atoms with Gasteiger partial charge in [0.1, 0.15) is 0 Å². The lowest BCUT2D eigenvalue weighted by Crippen LogP contribution is -1.95. The summed E-state index contributed by atoms with van der Waals surface area (Å²) in [6.07, 6.45) is 0. The molecule has 0 saturated carbocycles. The molecular formula is C10H12O5. The predicted octanol–water partition coefficient (Wildman–Crippen LogP) is 1.71. The van der Waals surface area contributed by atoms with Gasteiger partial charge in [-0.05, 0) is 6.92 Å². The predicted molar refractivity (Wildman–Crippen MR) is 52.1 cm³/mol. The van der Waals surface area contributed by atoms with E-state index in [1.54, 1.807) is 0 Å². The largest absolute Gasteiger partial charge is 0.490 e. The SMILES string of the molecule is COc1c2c(C)c(c(OC)c1OC)OO2. The van der Waals surface area contributed by atoms with E-state index in [0.29, 0.717) is 28.7 Å². The van der Waals surface area contributed by atoms with Gasteiger partial charge < -0.3 is 14.2 Å². The maximum atomic E-state index is 5.20.